The Morgan fingerprint density at radius 3 is 2.55 bits per heavy atom. The molecule has 3 aromatic rings. The highest BCUT2D eigenvalue weighted by Crippen LogP contribution is 2.42. The van der Waals surface area contributed by atoms with Gasteiger partial charge in [0, 0.05) is 24.1 Å². The zero-order chi connectivity index (χ0) is 23.9. The van der Waals surface area contributed by atoms with Crippen LogP contribution >= 0.6 is 11.8 Å². The monoisotopic (exact) mass is 467 g/mol. The number of nitrogens with zero attached hydrogens (tertiary/aromatic N) is 5. The van der Waals surface area contributed by atoms with E-state index in [9.17, 15) is 9.59 Å². The maximum Gasteiger partial charge on any atom is 0.265 e. The number of benzene rings is 1. The minimum atomic E-state index is -0.312. The first-order chi connectivity index (χ1) is 15.8. The summed E-state index contributed by atoms with van der Waals surface area (Å²) in [6, 6.07) is 8.26. The molecule has 4 rings (SSSR count). The van der Waals surface area contributed by atoms with Crippen LogP contribution < -0.4 is 5.56 Å². The van der Waals surface area contributed by atoms with Crippen LogP contribution in [-0.4, -0.2) is 48.8 Å². The average molecular weight is 468 g/mol. The third-order valence-electron chi connectivity index (χ3n) is 6.82. The van der Waals surface area contributed by atoms with Gasteiger partial charge < -0.3 is 4.90 Å². The molecular formula is C25H33N5O2S. The Kier molecular flexibility index (Phi) is 6.40. The van der Waals surface area contributed by atoms with Crippen LogP contribution in [0.3, 0.4) is 0 Å². The molecule has 1 atom stereocenters. The number of hydrogen-bond acceptors (Lipinski definition) is 5. The van der Waals surface area contributed by atoms with Crippen LogP contribution in [0, 0.1) is 0 Å². The number of fused-ring (bicyclic) bond motifs is 4. The SMILES string of the molecule is CCN(CC)C(=O)CSc1nn(C(C)C)c2nc3c(c(=O)n12)[C@](C)(CC)Cc1ccccc1-3. The summed E-state index contributed by atoms with van der Waals surface area (Å²) in [6.45, 7) is 13.6. The normalized spacial score (nSPS) is 17.3. The molecule has 0 aliphatic heterocycles. The molecule has 0 saturated heterocycles. The van der Waals surface area contributed by atoms with E-state index in [0.29, 0.717) is 24.0 Å². The van der Waals surface area contributed by atoms with Crippen molar-refractivity contribution in [1.29, 1.82) is 0 Å². The fourth-order valence-electron chi connectivity index (χ4n) is 4.71. The van der Waals surface area contributed by atoms with Gasteiger partial charge in [0.05, 0.1) is 23.1 Å². The van der Waals surface area contributed by atoms with Crippen molar-refractivity contribution in [2.24, 2.45) is 0 Å². The maximum atomic E-state index is 14.1. The van der Waals surface area contributed by atoms with Gasteiger partial charge in [-0.25, -0.2) is 14.1 Å². The van der Waals surface area contributed by atoms with E-state index < -0.39 is 0 Å². The van der Waals surface area contributed by atoms with Crippen molar-refractivity contribution in [2.75, 3.05) is 18.8 Å². The number of carbonyl (C=O) groups excluding carboxylic acids is 1. The molecule has 1 amide bonds. The Hall–Kier alpha value is -2.61. The number of rotatable bonds is 7. The Morgan fingerprint density at radius 1 is 1.21 bits per heavy atom. The maximum absolute atomic E-state index is 14.1. The minimum absolute atomic E-state index is 0.0224. The molecule has 1 aromatic carbocycles. The summed E-state index contributed by atoms with van der Waals surface area (Å²) >= 11 is 1.31. The van der Waals surface area contributed by atoms with Crippen molar-refractivity contribution in [3.05, 3.63) is 45.7 Å². The second-order valence-corrected chi connectivity index (χ2v) is 10.1. The first kappa shape index (κ1) is 23.5. The van der Waals surface area contributed by atoms with Gasteiger partial charge in [-0.1, -0.05) is 49.9 Å². The van der Waals surface area contributed by atoms with Crippen LogP contribution in [0.25, 0.3) is 17.0 Å². The summed E-state index contributed by atoms with van der Waals surface area (Å²) in [5, 5.41) is 5.27. The summed E-state index contributed by atoms with van der Waals surface area (Å²) < 4.78 is 3.42. The molecule has 0 bridgehead atoms. The first-order valence-electron chi connectivity index (χ1n) is 11.8. The zero-order valence-electron chi connectivity index (χ0n) is 20.4. The average Bonchev–Trinajstić information content (AvgIpc) is 3.17. The molecule has 0 N–H and O–H groups in total. The van der Waals surface area contributed by atoms with Crippen LogP contribution in [0.2, 0.25) is 0 Å². The second-order valence-electron chi connectivity index (χ2n) is 9.20. The molecule has 176 valence electrons. The lowest BCUT2D eigenvalue weighted by molar-refractivity contribution is -0.127. The molecule has 33 heavy (non-hydrogen) atoms. The van der Waals surface area contributed by atoms with E-state index in [0.717, 1.165) is 29.7 Å². The van der Waals surface area contributed by atoms with Crippen molar-refractivity contribution < 1.29 is 4.79 Å². The molecule has 0 fully saturated rings. The van der Waals surface area contributed by atoms with E-state index in [1.54, 1.807) is 14.0 Å². The van der Waals surface area contributed by atoms with Gasteiger partial charge in [-0.2, -0.15) is 0 Å². The van der Waals surface area contributed by atoms with Crippen LogP contribution in [0.1, 0.15) is 65.1 Å². The summed E-state index contributed by atoms with van der Waals surface area (Å²) in [6.07, 6.45) is 1.63. The van der Waals surface area contributed by atoms with E-state index >= 15 is 0 Å². The number of hydrogen-bond donors (Lipinski definition) is 0. The molecule has 0 unspecified atom stereocenters. The minimum Gasteiger partial charge on any atom is -0.343 e. The molecule has 0 radical (unpaired) electrons. The lowest BCUT2D eigenvalue weighted by Gasteiger charge is -2.35. The molecule has 0 spiro atoms. The molecule has 8 heteroatoms. The highest BCUT2D eigenvalue weighted by atomic mass is 32.2. The Labute approximate surface area is 199 Å². The number of amides is 1. The second kappa shape index (κ2) is 8.97. The highest BCUT2D eigenvalue weighted by Gasteiger charge is 2.38. The zero-order valence-corrected chi connectivity index (χ0v) is 21.2. The van der Waals surface area contributed by atoms with E-state index in [-0.39, 0.29) is 28.7 Å². The van der Waals surface area contributed by atoms with E-state index in [1.807, 2.05) is 39.8 Å². The molecule has 2 aromatic heterocycles. The number of carbonyl (C=O) groups is 1. The van der Waals surface area contributed by atoms with Gasteiger partial charge in [0.2, 0.25) is 11.7 Å². The topological polar surface area (TPSA) is 72.5 Å². The molecule has 7 nitrogen and oxygen atoms in total. The van der Waals surface area contributed by atoms with Gasteiger partial charge in [-0.3, -0.25) is 9.59 Å². The third-order valence-corrected chi connectivity index (χ3v) is 7.74. The van der Waals surface area contributed by atoms with Gasteiger partial charge in [0.15, 0.2) is 5.16 Å². The third kappa shape index (κ3) is 3.88. The molecule has 0 saturated carbocycles. The molecule has 1 aliphatic rings. The van der Waals surface area contributed by atoms with Crippen molar-refractivity contribution in [3.8, 4) is 11.3 Å². The lowest BCUT2D eigenvalue weighted by atomic mass is 9.69. The van der Waals surface area contributed by atoms with Gasteiger partial charge in [-0.05, 0) is 46.1 Å². The van der Waals surface area contributed by atoms with Crippen LogP contribution in [0.5, 0.6) is 0 Å². The van der Waals surface area contributed by atoms with E-state index in [1.165, 1.54) is 17.3 Å². The fourth-order valence-corrected chi connectivity index (χ4v) is 5.58. The van der Waals surface area contributed by atoms with Crippen molar-refractivity contribution >= 4 is 23.4 Å². The predicted octanol–water partition coefficient (Wildman–Crippen LogP) is 4.32. The van der Waals surface area contributed by atoms with Gasteiger partial charge in [-0.15, -0.1) is 5.10 Å². The van der Waals surface area contributed by atoms with Crippen LogP contribution in [0.4, 0.5) is 0 Å². The molecular weight excluding hydrogens is 434 g/mol. The predicted molar refractivity (Wildman–Crippen MR) is 133 cm³/mol. The smallest absolute Gasteiger partial charge is 0.265 e. The van der Waals surface area contributed by atoms with Crippen molar-refractivity contribution in [1.82, 2.24) is 24.1 Å². The molecule has 1 aliphatic carbocycles. The van der Waals surface area contributed by atoms with Gasteiger partial charge >= 0.3 is 0 Å². The first-order valence-corrected chi connectivity index (χ1v) is 12.8. The summed E-state index contributed by atoms with van der Waals surface area (Å²) in [5.74, 6) is 0.814. The quantitative estimate of drug-likeness (QED) is 0.484. The van der Waals surface area contributed by atoms with E-state index in [4.69, 9.17) is 10.1 Å². The van der Waals surface area contributed by atoms with Crippen LogP contribution in [-0.2, 0) is 16.6 Å². The van der Waals surface area contributed by atoms with Gasteiger partial charge in [0.1, 0.15) is 0 Å². The summed E-state index contributed by atoms with van der Waals surface area (Å²) in [4.78, 5) is 33.5. The van der Waals surface area contributed by atoms with Crippen LogP contribution in [0.15, 0.2) is 34.2 Å². The number of thioether (sulfide) groups is 1. The number of aromatic nitrogens is 4. The fraction of sp³-hybridized carbons (Fsp3) is 0.520. The summed E-state index contributed by atoms with van der Waals surface area (Å²) in [5.41, 5.74) is 3.39. The lowest BCUT2D eigenvalue weighted by Crippen LogP contribution is -2.38. The Bertz CT molecular complexity index is 1260. The van der Waals surface area contributed by atoms with Gasteiger partial charge in [0.25, 0.3) is 5.56 Å². The van der Waals surface area contributed by atoms with Crippen molar-refractivity contribution in [3.63, 3.8) is 0 Å². The van der Waals surface area contributed by atoms with Crippen molar-refractivity contribution in [2.45, 2.75) is 71.0 Å². The Morgan fingerprint density at radius 2 is 1.91 bits per heavy atom. The highest BCUT2D eigenvalue weighted by molar-refractivity contribution is 7.99. The van der Waals surface area contributed by atoms with E-state index in [2.05, 4.69) is 26.0 Å². The summed E-state index contributed by atoms with van der Waals surface area (Å²) in [7, 11) is 0. The Balaban J connectivity index is 1.93. The standard InChI is InChI=1S/C25H33N5O2S/c1-7-25(6)14-17-12-10-11-13-18(17)21-20(25)22(32)29-23(26-21)30(16(4)5)27-24(29)33-15-19(31)28(8-2)9-3/h10-13,16H,7-9,14-15H2,1-6H3/t25-/m1/s1. The molecule has 2 heterocycles. The largest absolute Gasteiger partial charge is 0.343 e.